The smallest absolute Gasteiger partial charge is 0.237 e. The molecule has 2 aliphatic rings. The first-order valence-electron chi connectivity index (χ1n) is 15.3. The molecule has 2 fully saturated rings. The summed E-state index contributed by atoms with van der Waals surface area (Å²) in [6.45, 7) is 7.24. The minimum atomic E-state index is 0.257. The average Bonchev–Trinajstić information content (AvgIpc) is 3.60. The number of carbonyl (C=O) groups is 1. The van der Waals surface area contributed by atoms with E-state index in [2.05, 4.69) is 75.6 Å². The topological polar surface area (TPSA) is 85.2 Å². The number of hydrogen-bond donors (Lipinski definition) is 1. The van der Waals surface area contributed by atoms with Crippen molar-refractivity contribution >= 4 is 45.3 Å². The zero-order valence-electron chi connectivity index (χ0n) is 24.8. The minimum absolute atomic E-state index is 0.257. The highest BCUT2D eigenvalue weighted by Crippen LogP contribution is 2.40. The van der Waals surface area contributed by atoms with Gasteiger partial charge in [-0.1, -0.05) is 35.9 Å². The van der Waals surface area contributed by atoms with Crippen LogP contribution >= 0.6 is 11.6 Å². The van der Waals surface area contributed by atoms with Crippen LogP contribution in [0.2, 0.25) is 5.02 Å². The predicted molar refractivity (Wildman–Crippen MR) is 173 cm³/mol. The van der Waals surface area contributed by atoms with Crippen LogP contribution in [-0.4, -0.2) is 66.5 Å². The lowest BCUT2D eigenvalue weighted by molar-refractivity contribution is -0.139. The van der Waals surface area contributed by atoms with Crippen LogP contribution in [-0.2, 0) is 11.3 Å². The minimum Gasteiger partial charge on any atom is -0.383 e. The first-order chi connectivity index (χ1) is 20.9. The number of fused-ring (bicyclic) bond motifs is 2. The maximum atomic E-state index is 12.7. The van der Waals surface area contributed by atoms with Crippen LogP contribution in [0.4, 0.5) is 5.82 Å². The molecule has 8 nitrogen and oxygen atoms in total. The van der Waals surface area contributed by atoms with Crippen molar-refractivity contribution in [2.75, 3.05) is 25.4 Å². The van der Waals surface area contributed by atoms with Crippen LogP contribution in [0.15, 0.2) is 67.3 Å². The molecule has 1 aliphatic carbocycles. The standard InChI is InChI=1S/C34H38ClN7O/c1-22(2)41-16-15-39(20-31(41)43)26-8-10-27(11-9-26)42-19-28(32-33(36)37-21-38-34(32)42)23-7-12-30-24(17-23)13-14-40(30)18-25-5-3-4-6-29(25)35/h3-7,12-14,17,19,21-22,26-27H,8-11,15-16,18,20H2,1-2H3,(H2,36,37,38)/t26-,27+. The molecule has 43 heavy (non-hydrogen) atoms. The number of carbonyl (C=O) groups excluding carboxylic acids is 1. The van der Waals surface area contributed by atoms with Crippen LogP contribution in [0.3, 0.4) is 0 Å². The number of amides is 1. The summed E-state index contributed by atoms with van der Waals surface area (Å²) in [4.78, 5) is 26.2. The third-order valence-corrected chi connectivity index (χ3v) is 9.87. The summed E-state index contributed by atoms with van der Waals surface area (Å²) in [5, 5.41) is 2.85. The second-order valence-corrected chi connectivity index (χ2v) is 12.7. The molecule has 222 valence electrons. The number of rotatable bonds is 6. The van der Waals surface area contributed by atoms with E-state index in [1.165, 1.54) is 0 Å². The van der Waals surface area contributed by atoms with Gasteiger partial charge in [0.25, 0.3) is 0 Å². The molecular formula is C34H38ClN7O. The first kappa shape index (κ1) is 27.9. The summed E-state index contributed by atoms with van der Waals surface area (Å²) in [5.74, 6) is 0.762. The SMILES string of the molecule is CC(C)N1CCN([C@H]2CC[C@@H](n3cc(-c4ccc5c(ccn5Cc5ccccc5Cl)c4)c4c(N)ncnc43)CC2)CC1=O. The van der Waals surface area contributed by atoms with E-state index >= 15 is 0 Å². The molecule has 0 bridgehead atoms. The second kappa shape index (κ2) is 11.3. The molecule has 2 N–H and O–H groups in total. The van der Waals surface area contributed by atoms with Crippen LogP contribution < -0.4 is 5.73 Å². The molecule has 0 radical (unpaired) electrons. The van der Waals surface area contributed by atoms with Crippen LogP contribution in [0.1, 0.15) is 51.1 Å². The van der Waals surface area contributed by atoms with Gasteiger partial charge < -0.3 is 19.8 Å². The number of halogens is 1. The molecule has 4 heterocycles. The van der Waals surface area contributed by atoms with Crippen molar-refractivity contribution in [1.82, 2.24) is 28.9 Å². The van der Waals surface area contributed by atoms with E-state index in [-0.39, 0.29) is 11.9 Å². The van der Waals surface area contributed by atoms with E-state index in [0.29, 0.717) is 31.0 Å². The lowest BCUT2D eigenvalue weighted by Crippen LogP contribution is -2.55. The fourth-order valence-corrected chi connectivity index (χ4v) is 7.38. The third-order valence-electron chi connectivity index (χ3n) is 9.51. The lowest BCUT2D eigenvalue weighted by Gasteiger charge is -2.42. The normalized spacial score (nSPS) is 20.1. The molecule has 9 heteroatoms. The van der Waals surface area contributed by atoms with E-state index in [1.807, 2.05) is 23.1 Å². The summed E-state index contributed by atoms with van der Waals surface area (Å²) in [6, 6.07) is 17.8. The van der Waals surface area contributed by atoms with Crippen molar-refractivity contribution in [2.45, 2.75) is 64.2 Å². The second-order valence-electron chi connectivity index (χ2n) is 12.3. The fourth-order valence-electron chi connectivity index (χ4n) is 7.19. The molecule has 1 aliphatic heterocycles. The van der Waals surface area contributed by atoms with Gasteiger partial charge in [-0.3, -0.25) is 9.69 Å². The zero-order valence-corrected chi connectivity index (χ0v) is 25.5. The molecule has 1 saturated carbocycles. The zero-order chi connectivity index (χ0) is 29.7. The van der Waals surface area contributed by atoms with E-state index in [1.54, 1.807) is 6.33 Å². The van der Waals surface area contributed by atoms with Gasteiger partial charge in [0.2, 0.25) is 5.91 Å². The Kier molecular flexibility index (Phi) is 7.35. The predicted octanol–water partition coefficient (Wildman–Crippen LogP) is 6.37. The number of hydrogen-bond acceptors (Lipinski definition) is 5. The molecular weight excluding hydrogens is 558 g/mol. The molecule has 5 aromatic rings. The van der Waals surface area contributed by atoms with Gasteiger partial charge in [-0.15, -0.1) is 0 Å². The Labute approximate surface area is 257 Å². The van der Waals surface area contributed by atoms with Crippen LogP contribution in [0, 0.1) is 0 Å². The Morgan fingerprint density at radius 2 is 1.79 bits per heavy atom. The number of benzene rings is 2. The molecule has 3 aromatic heterocycles. The van der Waals surface area contributed by atoms with Gasteiger partial charge in [0.05, 0.1) is 11.9 Å². The molecule has 0 atom stereocenters. The van der Waals surface area contributed by atoms with E-state index < -0.39 is 0 Å². The summed E-state index contributed by atoms with van der Waals surface area (Å²) in [7, 11) is 0. The van der Waals surface area contributed by atoms with Crippen molar-refractivity contribution in [1.29, 1.82) is 0 Å². The van der Waals surface area contributed by atoms with Gasteiger partial charge in [-0.2, -0.15) is 0 Å². The van der Waals surface area contributed by atoms with E-state index in [0.717, 1.165) is 82.4 Å². The van der Waals surface area contributed by atoms with Gasteiger partial charge >= 0.3 is 0 Å². The Bertz CT molecular complexity index is 1800. The van der Waals surface area contributed by atoms with Crippen molar-refractivity contribution in [2.24, 2.45) is 0 Å². The molecule has 0 unspecified atom stereocenters. The maximum Gasteiger partial charge on any atom is 0.237 e. The Hall–Kier alpha value is -3.88. The molecule has 7 rings (SSSR count). The van der Waals surface area contributed by atoms with Crippen molar-refractivity contribution < 1.29 is 4.79 Å². The number of piperazine rings is 1. The van der Waals surface area contributed by atoms with Crippen molar-refractivity contribution in [3.05, 3.63) is 77.8 Å². The Balaban J connectivity index is 1.14. The Morgan fingerprint density at radius 1 is 1.00 bits per heavy atom. The Morgan fingerprint density at radius 3 is 2.56 bits per heavy atom. The summed E-state index contributed by atoms with van der Waals surface area (Å²) in [6.07, 6.45) is 10.1. The summed E-state index contributed by atoms with van der Waals surface area (Å²) >= 11 is 6.45. The number of aromatic nitrogens is 4. The highest BCUT2D eigenvalue weighted by Gasteiger charge is 2.33. The highest BCUT2D eigenvalue weighted by atomic mass is 35.5. The van der Waals surface area contributed by atoms with Gasteiger partial charge in [0.1, 0.15) is 17.8 Å². The monoisotopic (exact) mass is 595 g/mol. The largest absolute Gasteiger partial charge is 0.383 e. The van der Waals surface area contributed by atoms with Crippen molar-refractivity contribution in [3.8, 4) is 11.1 Å². The van der Waals surface area contributed by atoms with Crippen LogP contribution in [0.5, 0.6) is 0 Å². The molecule has 1 saturated heterocycles. The van der Waals surface area contributed by atoms with Gasteiger partial charge in [-0.05, 0) is 74.9 Å². The van der Waals surface area contributed by atoms with Gasteiger partial charge in [0.15, 0.2) is 0 Å². The van der Waals surface area contributed by atoms with Crippen LogP contribution in [0.25, 0.3) is 33.1 Å². The molecule has 1 amide bonds. The number of nitrogen functional groups attached to an aromatic ring is 1. The lowest BCUT2D eigenvalue weighted by atomic mass is 9.89. The van der Waals surface area contributed by atoms with Gasteiger partial charge in [0, 0.05) is 71.6 Å². The fraction of sp³-hybridized carbons (Fsp3) is 0.382. The number of nitrogens with two attached hydrogens (primary N) is 1. The van der Waals surface area contributed by atoms with E-state index in [9.17, 15) is 4.79 Å². The van der Waals surface area contributed by atoms with Gasteiger partial charge in [-0.25, -0.2) is 9.97 Å². The summed E-state index contributed by atoms with van der Waals surface area (Å²) in [5.41, 5.74) is 11.8. The summed E-state index contributed by atoms with van der Waals surface area (Å²) < 4.78 is 4.56. The highest BCUT2D eigenvalue weighted by molar-refractivity contribution is 6.31. The van der Waals surface area contributed by atoms with Crippen molar-refractivity contribution in [3.63, 3.8) is 0 Å². The van der Waals surface area contributed by atoms with E-state index in [4.69, 9.17) is 22.3 Å². The average molecular weight is 596 g/mol. The maximum absolute atomic E-state index is 12.7. The molecule has 2 aromatic carbocycles. The quantitative estimate of drug-likeness (QED) is 0.246. The first-order valence-corrected chi connectivity index (χ1v) is 15.7. The molecule has 0 spiro atoms. The number of nitrogens with zero attached hydrogens (tertiary/aromatic N) is 6. The number of anilines is 1. The third kappa shape index (κ3) is 5.17.